The van der Waals surface area contributed by atoms with Crippen molar-refractivity contribution in [1.29, 1.82) is 0 Å². The fourth-order valence-corrected chi connectivity index (χ4v) is 0.541. The van der Waals surface area contributed by atoms with Gasteiger partial charge in [0.05, 0.1) is 6.04 Å². The minimum absolute atomic E-state index is 0. The normalized spacial score (nSPS) is 12.1. The molecule has 0 aromatic heterocycles. The Morgan fingerprint density at radius 2 is 1.73 bits per heavy atom. The van der Waals surface area contributed by atoms with Crippen LogP contribution < -0.4 is 10.6 Å². The van der Waals surface area contributed by atoms with Crippen LogP contribution in [0.2, 0.25) is 0 Å². The average Bonchev–Trinajstić information content (AvgIpc) is 1.85. The van der Waals surface area contributed by atoms with Crippen LogP contribution in [0.3, 0.4) is 0 Å². The Morgan fingerprint density at radius 3 is 2.00 bits per heavy atom. The van der Waals surface area contributed by atoms with Gasteiger partial charge in [0, 0.05) is 6.04 Å². The van der Waals surface area contributed by atoms with Crippen molar-refractivity contribution in [3.63, 3.8) is 0 Å². The Hall–Kier alpha value is -0.280. The summed E-state index contributed by atoms with van der Waals surface area (Å²) in [7, 11) is 1.77. The summed E-state index contributed by atoms with van der Waals surface area (Å²) in [6, 6.07) is 0.130. The molecule has 0 rings (SSSR count). The summed E-state index contributed by atoms with van der Waals surface area (Å²) in [6.07, 6.45) is 0. The number of hydrogen-bond donors (Lipinski definition) is 2. The smallest absolute Gasteiger partial charge is 0.237 e. The number of carbonyl (C=O) groups is 1. The molecular weight excluding hydrogens is 164 g/mol. The summed E-state index contributed by atoms with van der Waals surface area (Å²) in [5.41, 5.74) is 0. The topological polar surface area (TPSA) is 41.1 Å². The molecule has 4 heteroatoms. The fraction of sp³-hybridized carbons (Fsp3) is 0.857. The summed E-state index contributed by atoms with van der Waals surface area (Å²) in [6.45, 7) is 5.72. The molecule has 0 spiro atoms. The molecule has 0 unspecified atom stereocenters. The summed E-state index contributed by atoms with van der Waals surface area (Å²) >= 11 is 0. The molecule has 1 amide bonds. The van der Waals surface area contributed by atoms with Crippen LogP contribution in [0.25, 0.3) is 0 Å². The van der Waals surface area contributed by atoms with E-state index in [1.807, 2.05) is 20.8 Å². The monoisotopic (exact) mass is 180 g/mol. The zero-order valence-electron chi connectivity index (χ0n) is 7.47. The third kappa shape index (κ3) is 6.13. The van der Waals surface area contributed by atoms with E-state index in [0.717, 1.165) is 0 Å². The maximum Gasteiger partial charge on any atom is 0.237 e. The molecule has 3 nitrogen and oxygen atoms in total. The van der Waals surface area contributed by atoms with E-state index in [1.54, 1.807) is 7.05 Å². The van der Waals surface area contributed by atoms with Crippen LogP contribution in [-0.2, 0) is 4.79 Å². The van der Waals surface area contributed by atoms with Gasteiger partial charge in [-0.25, -0.2) is 0 Å². The molecule has 0 aliphatic rings. The van der Waals surface area contributed by atoms with E-state index >= 15 is 0 Å². The van der Waals surface area contributed by atoms with Crippen molar-refractivity contribution in [3.8, 4) is 0 Å². The van der Waals surface area contributed by atoms with E-state index < -0.39 is 0 Å². The van der Waals surface area contributed by atoms with Crippen LogP contribution in [0.15, 0.2) is 0 Å². The molecule has 0 radical (unpaired) electrons. The molecule has 2 N–H and O–H groups in total. The van der Waals surface area contributed by atoms with E-state index in [0.29, 0.717) is 0 Å². The highest BCUT2D eigenvalue weighted by Crippen LogP contribution is 1.82. The van der Waals surface area contributed by atoms with E-state index in [4.69, 9.17) is 0 Å². The highest BCUT2D eigenvalue weighted by atomic mass is 35.5. The molecule has 0 aromatic carbocycles. The van der Waals surface area contributed by atoms with Gasteiger partial charge >= 0.3 is 0 Å². The average molecular weight is 181 g/mol. The molecule has 1 atom stereocenters. The van der Waals surface area contributed by atoms with E-state index in [1.165, 1.54) is 0 Å². The van der Waals surface area contributed by atoms with Gasteiger partial charge in [-0.2, -0.15) is 0 Å². The van der Waals surface area contributed by atoms with Crippen molar-refractivity contribution in [2.24, 2.45) is 0 Å². The third-order valence-corrected chi connectivity index (χ3v) is 1.26. The fourth-order valence-electron chi connectivity index (χ4n) is 0.541. The Labute approximate surface area is 74.3 Å². The van der Waals surface area contributed by atoms with Gasteiger partial charge < -0.3 is 10.6 Å². The summed E-state index contributed by atoms with van der Waals surface area (Å²) in [4.78, 5) is 11.0. The van der Waals surface area contributed by atoms with Crippen LogP contribution in [0.5, 0.6) is 0 Å². The number of halogens is 1. The Balaban J connectivity index is 0. The first-order valence-corrected chi connectivity index (χ1v) is 3.55. The molecule has 0 bridgehead atoms. The lowest BCUT2D eigenvalue weighted by molar-refractivity contribution is -0.123. The standard InChI is InChI=1S/C7H16N2O.ClH/c1-5(2)9-7(10)6(3)8-4;/h5-6,8H,1-4H3,(H,9,10);1H/t6-;/m1./s1. The van der Waals surface area contributed by atoms with Gasteiger partial charge in [-0.3, -0.25) is 4.79 Å². The highest BCUT2D eigenvalue weighted by molar-refractivity contribution is 5.85. The first-order valence-electron chi connectivity index (χ1n) is 3.55. The zero-order chi connectivity index (χ0) is 8.15. The van der Waals surface area contributed by atoms with Gasteiger partial charge in [0.15, 0.2) is 0 Å². The van der Waals surface area contributed by atoms with E-state index in [-0.39, 0.29) is 30.4 Å². The number of amides is 1. The van der Waals surface area contributed by atoms with Gasteiger partial charge in [0.2, 0.25) is 5.91 Å². The molecule has 68 valence electrons. The lowest BCUT2D eigenvalue weighted by Crippen LogP contribution is -2.43. The van der Waals surface area contributed by atoms with Crippen LogP contribution in [-0.4, -0.2) is 25.0 Å². The molecule has 11 heavy (non-hydrogen) atoms. The van der Waals surface area contributed by atoms with Gasteiger partial charge in [0.25, 0.3) is 0 Å². The second-order valence-corrected chi connectivity index (χ2v) is 2.67. The third-order valence-electron chi connectivity index (χ3n) is 1.26. The Kier molecular flexibility index (Phi) is 7.79. The molecule has 0 aromatic rings. The lowest BCUT2D eigenvalue weighted by atomic mass is 10.3. The van der Waals surface area contributed by atoms with Crippen molar-refractivity contribution in [3.05, 3.63) is 0 Å². The van der Waals surface area contributed by atoms with Gasteiger partial charge in [-0.1, -0.05) is 0 Å². The van der Waals surface area contributed by atoms with Crippen molar-refractivity contribution >= 4 is 18.3 Å². The molecule has 0 aliphatic heterocycles. The van der Waals surface area contributed by atoms with Crippen LogP contribution in [0, 0.1) is 0 Å². The van der Waals surface area contributed by atoms with Crippen molar-refractivity contribution < 1.29 is 4.79 Å². The van der Waals surface area contributed by atoms with Crippen molar-refractivity contribution in [2.75, 3.05) is 7.05 Å². The largest absolute Gasteiger partial charge is 0.353 e. The highest BCUT2D eigenvalue weighted by Gasteiger charge is 2.09. The predicted molar refractivity (Wildman–Crippen MR) is 49.0 cm³/mol. The van der Waals surface area contributed by atoms with Crippen LogP contribution in [0.1, 0.15) is 20.8 Å². The number of hydrogen-bond acceptors (Lipinski definition) is 2. The quantitative estimate of drug-likeness (QED) is 0.666. The minimum Gasteiger partial charge on any atom is -0.353 e. The number of rotatable bonds is 3. The van der Waals surface area contributed by atoms with Gasteiger partial charge in [0.1, 0.15) is 0 Å². The molecule has 0 fully saturated rings. The predicted octanol–water partition coefficient (Wildman–Crippen LogP) is 0.541. The van der Waals surface area contributed by atoms with E-state index in [2.05, 4.69) is 10.6 Å². The maximum atomic E-state index is 11.0. The zero-order valence-corrected chi connectivity index (χ0v) is 8.29. The first-order chi connectivity index (χ1) is 4.57. The second-order valence-electron chi connectivity index (χ2n) is 2.67. The van der Waals surface area contributed by atoms with Crippen LogP contribution in [0.4, 0.5) is 0 Å². The van der Waals surface area contributed by atoms with Crippen molar-refractivity contribution in [1.82, 2.24) is 10.6 Å². The second kappa shape index (κ2) is 6.43. The maximum absolute atomic E-state index is 11.0. The summed E-state index contributed by atoms with van der Waals surface area (Å²) in [5, 5.41) is 5.65. The molecule has 0 saturated carbocycles. The minimum atomic E-state index is -0.0950. The Bertz CT molecular complexity index is 117. The summed E-state index contributed by atoms with van der Waals surface area (Å²) < 4.78 is 0. The summed E-state index contributed by atoms with van der Waals surface area (Å²) in [5.74, 6) is 0.0532. The molecule has 0 saturated heterocycles. The van der Waals surface area contributed by atoms with Crippen molar-refractivity contribution in [2.45, 2.75) is 32.9 Å². The number of nitrogens with one attached hydrogen (secondary N) is 2. The van der Waals surface area contributed by atoms with Gasteiger partial charge in [-0.05, 0) is 27.8 Å². The SMILES string of the molecule is CN[C@H](C)C(=O)NC(C)C.Cl. The first kappa shape index (κ1) is 13.3. The lowest BCUT2D eigenvalue weighted by Gasteiger charge is -2.12. The Morgan fingerprint density at radius 1 is 1.27 bits per heavy atom. The number of likely N-dealkylation sites (N-methyl/N-ethyl adjacent to an activating group) is 1. The number of carbonyl (C=O) groups excluding carboxylic acids is 1. The van der Waals surface area contributed by atoms with E-state index in [9.17, 15) is 4.79 Å². The van der Waals surface area contributed by atoms with Crippen LogP contribution >= 0.6 is 12.4 Å². The van der Waals surface area contributed by atoms with Gasteiger partial charge in [-0.15, -0.1) is 12.4 Å². The molecule has 0 heterocycles. The molecular formula is C7H17ClN2O. The molecule has 0 aliphatic carbocycles.